The predicted octanol–water partition coefficient (Wildman–Crippen LogP) is 3.78. The van der Waals surface area contributed by atoms with Crippen LogP contribution in [0.1, 0.15) is 38.3 Å². The minimum Gasteiger partial charge on any atom is -0.383 e. The molecule has 21 heavy (non-hydrogen) atoms. The smallest absolute Gasteiger partial charge is 0.0637 e. The first kappa shape index (κ1) is 17.7. The average Bonchev–Trinajstić information content (AvgIpc) is 2.53. The molecule has 0 bridgehead atoms. The SMILES string of the molecule is C=CCN(CCOC)c1ccc(C(CC)NCCC)cc1. The molecule has 1 atom stereocenters. The molecule has 1 N–H and O–H groups in total. The van der Waals surface area contributed by atoms with Gasteiger partial charge in [0.1, 0.15) is 0 Å². The van der Waals surface area contributed by atoms with Crippen LogP contribution in [0.15, 0.2) is 36.9 Å². The summed E-state index contributed by atoms with van der Waals surface area (Å²) in [6, 6.07) is 9.31. The Hall–Kier alpha value is -1.32. The van der Waals surface area contributed by atoms with E-state index >= 15 is 0 Å². The van der Waals surface area contributed by atoms with Gasteiger partial charge in [-0.15, -0.1) is 6.58 Å². The van der Waals surface area contributed by atoms with Crippen LogP contribution in [0.5, 0.6) is 0 Å². The molecule has 0 heterocycles. The maximum absolute atomic E-state index is 5.18. The third kappa shape index (κ3) is 5.90. The molecule has 0 saturated carbocycles. The van der Waals surface area contributed by atoms with Crippen LogP contribution >= 0.6 is 0 Å². The lowest BCUT2D eigenvalue weighted by Crippen LogP contribution is -2.27. The molecular weight excluding hydrogens is 260 g/mol. The Bertz CT molecular complexity index is 389. The number of ether oxygens (including phenoxy) is 1. The van der Waals surface area contributed by atoms with E-state index in [-0.39, 0.29) is 0 Å². The molecule has 3 nitrogen and oxygen atoms in total. The molecule has 0 spiro atoms. The van der Waals surface area contributed by atoms with Crippen molar-refractivity contribution in [1.82, 2.24) is 5.32 Å². The van der Waals surface area contributed by atoms with Crippen LogP contribution in [0, 0.1) is 0 Å². The lowest BCUT2D eigenvalue weighted by molar-refractivity contribution is 0.206. The van der Waals surface area contributed by atoms with Crippen molar-refractivity contribution in [3.8, 4) is 0 Å². The number of methoxy groups -OCH3 is 1. The Kier molecular flexibility index (Phi) is 8.79. The zero-order chi connectivity index (χ0) is 15.5. The number of rotatable bonds is 11. The molecule has 1 unspecified atom stereocenters. The normalized spacial score (nSPS) is 12.1. The van der Waals surface area contributed by atoms with E-state index in [4.69, 9.17) is 4.74 Å². The molecule has 0 aliphatic heterocycles. The highest BCUT2D eigenvalue weighted by atomic mass is 16.5. The fraction of sp³-hybridized carbons (Fsp3) is 0.556. The molecule has 0 amide bonds. The summed E-state index contributed by atoms with van der Waals surface area (Å²) in [4.78, 5) is 2.28. The zero-order valence-electron chi connectivity index (χ0n) is 13.8. The predicted molar refractivity (Wildman–Crippen MR) is 92.1 cm³/mol. The summed E-state index contributed by atoms with van der Waals surface area (Å²) in [6.45, 7) is 11.8. The van der Waals surface area contributed by atoms with E-state index in [1.54, 1.807) is 7.11 Å². The first-order valence-corrected chi connectivity index (χ1v) is 7.94. The minimum atomic E-state index is 0.450. The quantitative estimate of drug-likeness (QED) is 0.628. The first-order chi connectivity index (χ1) is 10.3. The van der Waals surface area contributed by atoms with Gasteiger partial charge in [0.2, 0.25) is 0 Å². The number of nitrogens with zero attached hydrogens (tertiary/aromatic N) is 1. The molecule has 3 heteroatoms. The van der Waals surface area contributed by atoms with Gasteiger partial charge in [-0.2, -0.15) is 0 Å². The molecule has 0 fully saturated rings. The average molecular weight is 290 g/mol. The molecule has 118 valence electrons. The largest absolute Gasteiger partial charge is 0.383 e. The number of nitrogens with one attached hydrogen (secondary N) is 1. The van der Waals surface area contributed by atoms with Crippen molar-refractivity contribution in [3.63, 3.8) is 0 Å². The monoisotopic (exact) mass is 290 g/mol. The molecule has 0 aliphatic carbocycles. The fourth-order valence-corrected chi connectivity index (χ4v) is 2.42. The summed E-state index contributed by atoms with van der Waals surface area (Å²) in [7, 11) is 1.74. The van der Waals surface area contributed by atoms with Crippen molar-refractivity contribution in [2.75, 3.05) is 38.3 Å². The van der Waals surface area contributed by atoms with Gasteiger partial charge in [0, 0.05) is 31.9 Å². The van der Waals surface area contributed by atoms with Gasteiger partial charge >= 0.3 is 0 Å². The number of hydrogen-bond donors (Lipinski definition) is 1. The van der Waals surface area contributed by atoms with Crippen LogP contribution in [-0.2, 0) is 4.74 Å². The van der Waals surface area contributed by atoms with Gasteiger partial charge in [0.25, 0.3) is 0 Å². The zero-order valence-corrected chi connectivity index (χ0v) is 13.8. The van der Waals surface area contributed by atoms with E-state index in [0.29, 0.717) is 6.04 Å². The lowest BCUT2D eigenvalue weighted by atomic mass is 10.0. The Labute approximate surface area is 130 Å². The van der Waals surface area contributed by atoms with Gasteiger partial charge in [0.15, 0.2) is 0 Å². The summed E-state index contributed by atoms with van der Waals surface area (Å²) in [5, 5.41) is 3.59. The van der Waals surface area contributed by atoms with Crippen molar-refractivity contribution < 1.29 is 4.74 Å². The Morgan fingerprint density at radius 2 is 2.00 bits per heavy atom. The summed E-state index contributed by atoms with van der Waals surface area (Å²) >= 11 is 0. The van der Waals surface area contributed by atoms with Gasteiger partial charge in [-0.1, -0.05) is 32.1 Å². The highest BCUT2D eigenvalue weighted by Gasteiger charge is 2.09. The van der Waals surface area contributed by atoms with Crippen LogP contribution in [0.25, 0.3) is 0 Å². The summed E-state index contributed by atoms with van der Waals surface area (Å²) < 4.78 is 5.18. The molecular formula is C18H30N2O. The molecule has 1 aromatic carbocycles. The minimum absolute atomic E-state index is 0.450. The number of hydrogen-bond acceptors (Lipinski definition) is 3. The van der Waals surface area contributed by atoms with Crippen molar-refractivity contribution in [2.45, 2.75) is 32.7 Å². The van der Waals surface area contributed by atoms with Crippen LogP contribution in [-0.4, -0.2) is 33.4 Å². The van der Waals surface area contributed by atoms with E-state index in [1.165, 1.54) is 17.7 Å². The van der Waals surface area contributed by atoms with Crippen LogP contribution < -0.4 is 10.2 Å². The number of anilines is 1. The Morgan fingerprint density at radius 1 is 1.29 bits per heavy atom. The Balaban J connectivity index is 2.75. The van der Waals surface area contributed by atoms with Crippen molar-refractivity contribution in [2.24, 2.45) is 0 Å². The topological polar surface area (TPSA) is 24.5 Å². The van der Waals surface area contributed by atoms with Crippen molar-refractivity contribution in [3.05, 3.63) is 42.5 Å². The molecule has 0 aromatic heterocycles. The second kappa shape index (κ2) is 10.4. The molecule has 0 aliphatic rings. The van der Waals surface area contributed by atoms with E-state index < -0.39 is 0 Å². The number of benzene rings is 1. The fourth-order valence-electron chi connectivity index (χ4n) is 2.42. The van der Waals surface area contributed by atoms with Gasteiger partial charge < -0.3 is 15.0 Å². The van der Waals surface area contributed by atoms with Gasteiger partial charge in [-0.3, -0.25) is 0 Å². The molecule has 1 aromatic rings. The maximum atomic E-state index is 5.18. The van der Waals surface area contributed by atoms with E-state index in [1.807, 2.05) is 6.08 Å². The molecule has 0 radical (unpaired) electrons. The maximum Gasteiger partial charge on any atom is 0.0637 e. The van der Waals surface area contributed by atoms with Gasteiger partial charge in [-0.25, -0.2) is 0 Å². The second-order valence-electron chi connectivity index (χ2n) is 5.23. The Morgan fingerprint density at radius 3 is 2.52 bits per heavy atom. The van der Waals surface area contributed by atoms with Crippen LogP contribution in [0.4, 0.5) is 5.69 Å². The first-order valence-electron chi connectivity index (χ1n) is 7.94. The summed E-state index contributed by atoms with van der Waals surface area (Å²) in [6.07, 6.45) is 4.21. The molecule has 1 rings (SSSR count). The van der Waals surface area contributed by atoms with Crippen LogP contribution in [0.3, 0.4) is 0 Å². The van der Waals surface area contributed by atoms with E-state index in [0.717, 1.165) is 32.7 Å². The van der Waals surface area contributed by atoms with Gasteiger partial charge in [-0.05, 0) is 37.1 Å². The van der Waals surface area contributed by atoms with E-state index in [2.05, 4.69) is 54.9 Å². The van der Waals surface area contributed by atoms with Crippen molar-refractivity contribution in [1.29, 1.82) is 0 Å². The highest BCUT2D eigenvalue weighted by molar-refractivity contribution is 5.48. The summed E-state index contributed by atoms with van der Waals surface area (Å²) in [5.41, 5.74) is 2.58. The molecule has 0 saturated heterocycles. The van der Waals surface area contributed by atoms with E-state index in [9.17, 15) is 0 Å². The third-order valence-electron chi connectivity index (χ3n) is 3.62. The highest BCUT2D eigenvalue weighted by Crippen LogP contribution is 2.21. The van der Waals surface area contributed by atoms with Crippen molar-refractivity contribution >= 4 is 5.69 Å². The second-order valence-corrected chi connectivity index (χ2v) is 5.23. The van der Waals surface area contributed by atoms with Gasteiger partial charge in [0.05, 0.1) is 6.61 Å². The summed E-state index contributed by atoms with van der Waals surface area (Å²) in [5.74, 6) is 0. The third-order valence-corrected chi connectivity index (χ3v) is 3.62. The lowest BCUT2D eigenvalue weighted by Gasteiger charge is -2.24. The standard InChI is InChI=1S/C18H30N2O/c1-5-12-19-18(7-3)16-8-10-17(11-9-16)20(13-6-2)14-15-21-4/h6,8-11,18-19H,2,5,7,12-15H2,1,3-4H3. The van der Waals surface area contributed by atoms with Crippen LogP contribution in [0.2, 0.25) is 0 Å².